The van der Waals surface area contributed by atoms with Crippen LogP contribution < -0.4 is 10.5 Å². The third kappa shape index (κ3) is 4.28. The number of hydrogen-bond acceptors (Lipinski definition) is 7. The minimum atomic E-state index is -4.13. The van der Waals surface area contributed by atoms with Gasteiger partial charge in [-0.1, -0.05) is 6.07 Å². The van der Waals surface area contributed by atoms with Gasteiger partial charge in [-0.05, 0) is 25.3 Å². The third-order valence-corrected chi connectivity index (χ3v) is 7.78. The molecule has 0 spiro atoms. The van der Waals surface area contributed by atoms with E-state index in [0.29, 0.717) is 18.7 Å². The number of carboxylic acid groups (broad SMARTS) is 1. The van der Waals surface area contributed by atoms with Gasteiger partial charge in [-0.2, -0.15) is 0 Å². The highest BCUT2D eigenvalue weighted by molar-refractivity contribution is 7.89. The van der Waals surface area contributed by atoms with E-state index < -0.39 is 39.4 Å². The van der Waals surface area contributed by atoms with Gasteiger partial charge in [0, 0.05) is 31.9 Å². The zero-order valence-corrected chi connectivity index (χ0v) is 16.5. The standard InChI is InChI=1S/C17H24N4O7S/c18-16(24)20-8-6-13(17(25,11-20)15(22)23)29(26,27)21-9-4-12(5-10-21)28-14-3-1-2-7-19-14/h1-3,7,12-13,25H,4-6,8-11H2,(H2,18,24)(H,22,23). The summed E-state index contributed by atoms with van der Waals surface area (Å²) in [5.41, 5.74) is 2.54. The molecular weight excluding hydrogens is 404 g/mol. The number of β-amino-alcohol motifs (C(OH)–C–C–N with tert-alkyl or cyclic N) is 1. The predicted molar refractivity (Wildman–Crippen MR) is 101 cm³/mol. The third-order valence-electron chi connectivity index (χ3n) is 5.35. The van der Waals surface area contributed by atoms with Crippen LogP contribution >= 0.6 is 0 Å². The molecule has 2 atom stereocenters. The number of likely N-dealkylation sites (tertiary alicyclic amines) is 1. The summed E-state index contributed by atoms with van der Waals surface area (Å²) in [6, 6.07) is 4.35. The highest BCUT2D eigenvalue weighted by Crippen LogP contribution is 2.32. The van der Waals surface area contributed by atoms with E-state index in [2.05, 4.69) is 4.98 Å². The van der Waals surface area contributed by atoms with Crippen LogP contribution in [0.3, 0.4) is 0 Å². The van der Waals surface area contributed by atoms with E-state index in [1.165, 1.54) is 4.31 Å². The first-order chi connectivity index (χ1) is 13.6. The number of aliphatic hydroxyl groups is 1. The number of pyridine rings is 1. The van der Waals surface area contributed by atoms with Crippen molar-refractivity contribution in [1.82, 2.24) is 14.2 Å². The molecule has 160 valence electrons. The fraction of sp³-hybridized carbons (Fsp3) is 0.588. The summed E-state index contributed by atoms with van der Waals surface area (Å²) < 4.78 is 33.2. The SMILES string of the molecule is NC(=O)N1CCC(S(=O)(=O)N2CCC(Oc3ccccn3)CC2)C(O)(C(=O)O)C1. The van der Waals surface area contributed by atoms with E-state index in [-0.39, 0.29) is 32.2 Å². The van der Waals surface area contributed by atoms with Crippen molar-refractivity contribution in [2.24, 2.45) is 5.73 Å². The molecule has 4 N–H and O–H groups in total. The molecule has 0 radical (unpaired) electrons. The quantitative estimate of drug-likeness (QED) is 0.550. The largest absolute Gasteiger partial charge is 0.479 e. The fourth-order valence-electron chi connectivity index (χ4n) is 3.74. The molecule has 29 heavy (non-hydrogen) atoms. The van der Waals surface area contributed by atoms with Gasteiger partial charge >= 0.3 is 12.0 Å². The Hall–Kier alpha value is -2.44. The van der Waals surface area contributed by atoms with Crippen molar-refractivity contribution in [1.29, 1.82) is 0 Å². The van der Waals surface area contributed by atoms with Crippen molar-refractivity contribution in [2.45, 2.75) is 36.2 Å². The van der Waals surface area contributed by atoms with Gasteiger partial charge in [0.2, 0.25) is 15.9 Å². The van der Waals surface area contributed by atoms with Crippen LogP contribution in [-0.4, -0.2) is 88.0 Å². The number of rotatable bonds is 5. The van der Waals surface area contributed by atoms with Gasteiger partial charge in [0.15, 0.2) is 5.60 Å². The molecule has 2 saturated heterocycles. The first kappa shape index (κ1) is 21.3. The van der Waals surface area contributed by atoms with Crippen LogP contribution in [-0.2, 0) is 14.8 Å². The predicted octanol–water partition coefficient (Wildman–Crippen LogP) is -0.777. The van der Waals surface area contributed by atoms with E-state index in [9.17, 15) is 28.2 Å². The normalized spacial score (nSPS) is 26.8. The molecule has 11 nitrogen and oxygen atoms in total. The number of amides is 2. The first-order valence-corrected chi connectivity index (χ1v) is 10.7. The number of aliphatic carboxylic acids is 1. The number of hydrogen-bond donors (Lipinski definition) is 3. The van der Waals surface area contributed by atoms with Crippen molar-refractivity contribution < 1.29 is 33.0 Å². The summed E-state index contributed by atoms with van der Waals surface area (Å²) in [5.74, 6) is -1.25. The number of carboxylic acids is 1. The highest BCUT2D eigenvalue weighted by atomic mass is 32.2. The number of piperidine rings is 2. The van der Waals surface area contributed by atoms with Gasteiger partial charge in [0.25, 0.3) is 0 Å². The first-order valence-electron chi connectivity index (χ1n) is 9.21. The van der Waals surface area contributed by atoms with E-state index in [1.54, 1.807) is 24.4 Å². The van der Waals surface area contributed by atoms with Gasteiger partial charge in [-0.15, -0.1) is 0 Å². The lowest BCUT2D eigenvalue weighted by molar-refractivity contribution is -0.162. The zero-order valence-electron chi connectivity index (χ0n) is 15.7. The summed E-state index contributed by atoms with van der Waals surface area (Å²) in [4.78, 5) is 28.1. The molecule has 3 rings (SSSR count). The van der Waals surface area contributed by atoms with Crippen LogP contribution in [0.1, 0.15) is 19.3 Å². The number of nitrogens with zero attached hydrogens (tertiary/aromatic N) is 3. The molecule has 2 amide bonds. The Morgan fingerprint density at radius 2 is 1.90 bits per heavy atom. The fourth-order valence-corrected chi connectivity index (χ4v) is 5.90. The Kier molecular flexibility index (Phi) is 5.96. The molecule has 3 heterocycles. The number of carbonyl (C=O) groups is 2. The summed E-state index contributed by atoms with van der Waals surface area (Å²) >= 11 is 0. The molecule has 1 aromatic heterocycles. The maximum absolute atomic E-state index is 13.1. The lowest BCUT2D eigenvalue weighted by atomic mass is 9.92. The van der Waals surface area contributed by atoms with Crippen molar-refractivity contribution in [3.8, 4) is 5.88 Å². The molecule has 0 aliphatic carbocycles. The van der Waals surface area contributed by atoms with Gasteiger partial charge in [-0.25, -0.2) is 27.3 Å². The second-order valence-electron chi connectivity index (χ2n) is 7.20. The van der Waals surface area contributed by atoms with E-state index >= 15 is 0 Å². The van der Waals surface area contributed by atoms with Crippen LogP contribution in [0.25, 0.3) is 0 Å². The van der Waals surface area contributed by atoms with Crippen molar-refractivity contribution in [2.75, 3.05) is 26.2 Å². The average molecular weight is 428 g/mol. The van der Waals surface area contributed by atoms with Crippen LogP contribution in [0.2, 0.25) is 0 Å². The molecule has 0 aromatic carbocycles. The number of carbonyl (C=O) groups excluding carboxylic acids is 1. The van der Waals surface area contributed by atoms with Crippen molar-refractivity contribution in [3.05, 3.63) is 24.4 Å². The number of aromatic nitrogens is 1. The smallest absolute Gasteiger partial charge is 0.339 e. The molecule has 2 aliphatic heterocycles. The number of nitrogens with two attached hydrogens (primary N) is 1. The Labute approximate surface area is 168 Å². The van der Waals surface area contributed by atoms with E-state index in [4.69, 9.17) is 10.5 Å². The summed E-state index contributed by atoms with van der Waals surface area (Å²) in [6.45, 7) is -0.466. The Morgan fingerprint density at radius 3 is 2.45 bits per heavy atom. The van der Waals surface area contributed by atoms with Gasteiger partial charge < -0.3 is 25.6 Å². The maximum atomic E-state index is 13.1. The molecule has 0 bridgehead atoms. The van der Waals surface area contributed by atoms with Crippen LogP contribution in [0.5, 0.6) is 5.88 Å². The van der Waals surface area contributed by atoms with Crippen LogP contribution in [0.15, 0.2) is 24.4 Å². The second kappa shape index (κ2) is 8.13. The zero-order chi connectivity index (χ0) is 21.2. The second-order valence-corrected chi connectivity index (χ2v) is 9.31. The number of sulfonamides is 1. The highest BCUT2D eigenvalue weighted by Gasteiger charge is 2.56. The van der Waals surface area contributed by atoms with Crippen molar-refractivity contribution in [3.63, 3.8) is 0 Å². The molecule has 2 aliphatic rings. The molecule has 2 unspecified atom stereocenters. The molecule has 0 saturated carbocycles. The van der Waals surface area contributed by atoms with Crippen LogP contribution in [0, 0.1) is 0 Å². The minimum Gasteiger partial charge on any atom is -0.479 e. The lowest BCUT2D eigenvalue weighted by Crippen LogP contribution is -2.67. The Balaban J connectivity index is 1.70. The van der Waals surface area contributed by atoms with Crippen molar-refractivity contribution >= 4 is 22.0 Å². The summed E-state index contributed by atoms with van der Waals surface area (Å²) in [7, 11) is -4.13. The molecule has 1 aromatic rings. The maximum Gasteiger partial charge on any atom is 0.339 e. The van der Waals surface area contributed by atoms with Crippen LogP contribution in [0.4, 0.5) is 4.79 Å². The molecule has 2 fully saturated rings. The minimum absolute atomic E-state index is 0.0475. The molecule has 12 heteroatoms. The Morgan fingerprint density at radius 1 is 1.21 bits per heavy atom. The average Bonchev–Trinajstić information content (AvgIpc) is 2.68. The van der Waals surface area contributed by atoms with E-state index in [1.807, 2.05) is 0 Å². The monoisotopic (exact) mass is 428 g/mol. The molecular formula is C17H24N4O7S. The Bertz CT molecular complexity index is 858. The topological polar surface area (TPSA) is 163 Å². The number of urea groups is 1. The summed E-state index contributed by atoms with van der Waals surface area (Å²) in [5, 5.41) is 18.6. The van der Waals surface area contributed by atoms with Gasteiger partial charge in [0.1, 0.15) is 11.4 Å². The summed E-state index contributed by atoms with van der Waals surface area (Å²) in [6.07, 6.45) is 1.97. The lowest BCUT2D eigenvalue weighted by Gasteiger charge is -2.43. The van der Waals surface area contributed by atoms with Gasteiger partial charge in [-0.3, -0.25) is 0 Å². The number of ether oxygens (including phenoxy) is 1. The van der Waals surface area contributed by atoms with E-state index in [0.717, 1.165) is 4.90 Å². The number of primary amides is 1. The van der Waals surface area contributed by atoms with Gasteiger partial charge in [0.05, 0.1) is 6.54 Å².